The molecule has 1 aliphatic heterocycles. The molecule has 2 amide bonds. The third kappa shape index (κ3) is 4.50. The predicted molar refractivity (Wildman–Crippen MR) is 104 cm³/mol. The normalized spacial score (nSPS) is 13.5. The van der Waals surface area contributed by atoms with Gasteiger partial charge in [-0.25, -0.2) is 0 Å². The van der Waals surface area contributed by atoms with Gasteiger partial charge in [-0.15, -0.1) is 0 Å². The van der Waals surface area contributed by atoms with Gasteiger partial charge in [-0.1, -0.05) is 23.7 Å². The molecule has 8 heteroatoms. The molecule has 0 atom stereocenters. The van der Waals surface area contributed by atoms with Crippen molar-refractivity contribution >= 4 is 46.8 Å². The quantitative estimate of drug-likeness (QED) is 0.470. The highest BCUT2D eigenvalue weighted by molar-refractivity contribution is 7.80. The first kappa shape index (κ1) is 18.6. The van der Waals surface area contributed by atoms with Gasteiger partial charge in [0.1, 0.15) is 17.9 Å². The number of hydrogen-bond acceptors (Lipinski definition) is 5. The summed E-state index contributed by atoms with van der Waals surface area (Å²) in [5, 5.41) is 14.0. The van der Waals surface area contributed by atoms with Crippen LogP contribution in [-0.2, 0) is 16.2 Å². The monoisotopic (exact) mass is 397 g/mol. The van der Waals surface area contributed by atoms with Crippen LogP contribution in [0.3, 0.4) is 0 Å². The Hall–Kier alpha value is -3.21. The number of halogens is 1. The third-order valence-electron chi connectivity index (χ3n) is 3.69. The second kappa shape index (κ2) is 7.99. The fourth-order valence-corrected chi connectivity index (χ4v) is 2.73. The largest absolute Gasteiger partial charge is 0.488 e. The second-order valence-corrected chi connectivity index (χ2v) is 6.42. The molecule has 1 heterocycles. The molecule has 0 saturated carbocycles. The van der Waals surface area contributed by atoms with Crippen LogP contribution in [0.2, 0.25) is 5.02 Å². The van der Waals surface area contributed by atoms with Gasteiger partial charge < -0.3 is 4.74 Å². The molecule has 0 aromatic heterocycles. The average Bonchev–Trinajstić information content (AvgIpc) is 2.64. The smallest absolute Gasteiger partial charge is 0.263 e. The van der Waals surface area contributed by atoms with E-state index in [1.54, 1.807) is 42.5 Å². The molecule has 2 aromatic rings. The number of hydrogen-bond donors (Lipinski definition) is 2. The predicted octanol–water partition coefficient (Wildman–Crippen LogP) is 2.70. The molecule has 2 N–H and O–H groups in total. The van der Waals surface area contributed by atoms with E-state index in [4.69, 9.17) is 33.8 Å². The highest BCUT2D eigenvalue weighted by Gasteiger charge is 2.26. The van der Waals surface area contributed by atoms with E-state index in [-0.39, 0.29) is 17.3 Å². The molecule has 27 heavy (non-hydrogen) atoms. The zero-order valence-electron chi connectivity index (χ0n) is 13.8. The lowest BCUT2D eigenvalue weighted by atomic mass is 10.1. The Morgan fingerprint density at radius 3 is 2.41 bits per heavy atom. The van der Waals surface area contributed by atoms with Crippen molar-refractivity contribution in [3.8, 4) is 11.8 Å². The van der Waals surface area contributed by atoms with Crippen LogP contribution in [0.5, 0.6) is 5.75 Å². The summed E-state index contributed by atoms with van der Waals surface area (Å²) in [6, 6.07) is 13.9. The lowest BCUT2D eigenvalue weighted by molar-refractivity contribution is -0.123. The summed E-state index contributed by atoms with van der Waals surface area (Å²) in [4.78, 5) is 24.1. The van der Waals surface area contributed by atoms with Crippen LogP contribution in [-0.4, -0.2) is 16.9 Å². The van der Waals surface area contributed by atoms with Crippen LogP contribution in [0.25, 0.3) is 6.08 Å². The van der Waals surface area contributed by atoms with Crippen LogP contribution >= 0.6 is 23.8 Å². The molecule has 1 fully saturated rings. The van der Waals surface area contributed by atoms with Crippen molar-refractivity contribution in [2.45, 2.75) is 6.61 Å². The summed E-state index contributed by atoms with van der Waals surface area (Å²) in [6.07, 6.45) is 1.40. The van der Waals surface area contributed by atoms with Crippen LogP contribution in [0, 0.1) is 11.3 Å². The number of ether oxygens (including phenoxy) is 1. The molecule has 0 bridgehead atoms. The van der Waals surface area contributed by atoms with Gasteiger partial charge in [0, 0.05) is 10.6 Å². The molecular weight excluding hydrogens is 386 g/mol. The Balaban J connectivity index is 1.85. The minimum absolute atomic E-state index is 0.0365. The molecule has 6 nitrogen and oxygen atoms in total. The highest BCUT2D eigenvalue weighted by Crippen LogP contribution is 2.26. The van der Waals surface area contributed by atoms with Crippen molar-refractivity contribution in [3.63, 3.8) is 0 Å². The summed E-state index contributed by atoms with van der Waals surface area (Å²) in [5.41, 5.74) is 1.79. The van der Waals surface area contributed by atoms with Crippen molar-refractivity contribution in [1.29, 1.82) is 5.26 Å². The fraction of sp³-hybridized carbons (Fsp3) is 0.0526. The minimum atomic E-state index is -0.596. The fourth-order valence-electron chi connectivity index (χ4n) is 2.36. The van der Waals surface area contributed by atoms with Gasteiger partial charge in [-0.2, -0.15) is 5.26 Å². The average molecular weight is 398 g/mol. The molecule has 0 aliphatic carbocycles. The summed E-state index contributed by atoms with van der Waals surface area (Å²) in [5.74, 6) is -0.742. The maximum absolute atomic E-state index is 12.0. The number of thiocarbonyl (C=S) groups is 1. The molecule has 3 rings (SSSR count). The van der Waals surface area contributed by atoms with Gasteiger partial charge in [-0.05, 0) is 54.2 Å². The first-order chi connectivity index (χ1) is 13.0. The first-order valence-electron chi connectivity index (χ1n) is 7.76. The summed E-state index contributed by atoms with van der Waals surface area (Å²) < 4.78 is 5.81. The molecular formula is C19H12ClN3O3S. The summed E-state index contributed by atoms with van der Waals surface area (Å²) >= 11 is 10.8. The third-order valence-corrected chi connectivity index (χ3v) is 4.13. The number of carbonyl (C=O) groups excluding carboxylic acids is 2. The van der Waals surface area contributed by atoms with Gasteiger partial charge in [0.15, 0.2) is 5.11 Å². The zero-order chi connectivity index (χ0) is 19.4. The Kier molecular flexibility index (Phi) is 5.50. The molecule has 2 aromatic carbocycles. The number of nitriles is 1. The lowest BCUT2D eigenvalue weighted by Crippen LogP contribution is -2.51. The van der Waals surface area contributed by atoms with Gasteiger partial charge in [0.2, 0.25) is 0 Å². The van der Waals surface area contributed by atoms with E-state index in [9.17, 15) is 9.59 Å². The van der Waals surface area contributed by atoms with E-state index < -0.39 is 11.8 Å². The van der Waals surface area contributed by atoms with Crippen LogP contribution in [0.4, 0.5) is 0 Å². The summed E-state index contributed by atoms with van der Waals surface area (Å²) in [7, 11) is 0. The van der Waals surface area contributed by atoms with Gasteiger partial charge in [-0.3, -0.25) is 20.2 Å². The molecule has 0 unspecified atom stereocenters. The Labute approximate surface area is 165 Å². The van der Waals surface area contributed by atoms with Gasteiger partial charge >= 0.3 is 0 Å². The van der Waals surface area contributed by atoms with E-state index in [0.29, 0.717) is 21.9 Å². The van der Waals surface area contributed by atoms with E-state index >= 15 is 0 Å². The molecule has 134 valence electrons. The summed E-state index contributed by atoms with van der Waals surface area (Å²) in [6.45, 7) is 0.242. The molecule has 0 radical (unpaired) electrons. The Morgan fingerprint density at radius 1 is 1.11 bits per heavy atom. The standard InChI is InChI=1S/C19H12ClN3O3S/c20-14-5-6-16(26-10-12-3-1-11(9-21)2-4-12)13(7-14)8-15-17(24)22-19(27)23-18(15)25/h1-8H,10H2,(H2,22,23,24,25,27). The van der Waals surface area contributed by atoms with E-state index in [1.165, 1.54) is 6.08 Å². The molecule has 1 aliphatic rings. The van der Waals surface area contributed by atoms with E-state index in [2.05, 4.69) is 16.7 Å². The van der Waals surface area contributed by atoms with Crippen molar-refractivity contribution in [2.24, 2.45) is 0 Å². The Morgan fingerprint density at radius 2 is 1.78 bits per heavy atom. The zero-order valence-corrected chi connectivity index (χ0v) is 15.4. The number of nitrogens with zero attached hydrogens (tertiary/aromatic N) is 1. The number of amides is 2. The van der Waals surface area contributed by atoms with Crippen molar-refractivity contribution in [1.82, 2.24) is 10.6 Å². The number of carbonyl (C=O) groups is 2. The maximum atomic E-state index is 12.0. The van der Waals surface area contributed by atoms with Crippen molar-refractivity contribution in [2.75, 3.05) is 0 Å². The molecule has 0 spiro atoms. The van der Waals surface area contributed by atoms with Gasteiger partial charge in [0.05, 0.1) is 11.6 Å². The van der Waals surface area contributed by atoms with Crippen LogP contribution < -0.4 is 15.4 Å². The van der Waals surface area contributed by atoms with E-state index in [1.807, 2.05) is 0 Å². The van der Waals surface area contributed by atoms with E-state index in [0.717, 1.165) is 5.56 Å². The number of benzene rings is 2. The first-order valence-corrected chi connectivity index (χ1v) is 8.54. The number of nitrogens with one attached hydrogen (secondary N) is 2. The highest BCUT2D eigenvalue weighted by atomic mass is 35.5. The van der Waals surface area contributed by atoms with Crippen LogP contribution in [0.1, 0.15) is 16.7 Å². The molecule has 1 saturated heterocycles. The lowest BCUT2D eigenvalue weighted by Gasteiger charge is -2.17. The van der Waals surface area contributed by atoms with Crippen molar-refractivity contribution in [3.05, 3.63) is 69.8 Å². The maximum Gasteiger partial charge on any atom is 0.263 e. The number of rotatable bonds is 4. The minimum Gasteiger partial charge on any atom is -0.488 e. The second-order valence-electron chi connectivity index (χ2n) is 5.57. The SMILES string of the molecule is N#Cc1ccc(COc2ccc(Cl)cc2C=C2C(=O)NC(=S)NC2=O)cc1. The van der Waals surface area contributed by atoms with Crippen LogP contribution in [0.15, 0.2) is 48.0 Å². The van der Waals surface area contributed by atoms with Gasteiger partial charge in [0.25, 0.3) is 11.8 Å². The topological polar surface area (TPSA) is 91.2 Å². The Bertz CT molecular complexity index is 988. The van der Waals surface area contributed by atoms with Crippen molar-refractivity contribution < 1.29 is 14.3 Å².